The Bertz CT molecular complexity index is 608. The minimum atomic E-state index is 0.250. The molecule has 1 fully saturated rings. The van der Waals surface area contributed by atoms with Crippen LogP contribution in [0.1, 0.15) is 25.6 Å². The third-order valence-corrected chi connectivity index (χ3v) is 3.99. The second-order valence-electron chi connectivity index (χ2n) is 5.52. The maximum Gasteiger partial charge on any atom is 0.222 e. The van der Waals surface area contributed by atoms with Gasteiger partial charge in [-0.3, -0.25) is 9.89 Å². The molecule has 5 nitrogen and oxygen atoms in total. The van der Waals surface area contributed by atoms with E-state index in [0.29, 0.717) is 12.3 Å². The Hall–Kier alpha value is -2.17. The summed E-state index contributed by atoms with van der Waals surface area (Å²) in [7, 11) is 0. The van der Waals surface area contributed by atoms with Crippen molar-refractivity contribution < 1.29 is 4.79 Å². The van der Waals surface area contributed by atoms with Gasteiger partial charge in [-0.2, -0.15) is 5.10 Å². The molecule has 1 unspecified atom stereocenters. The molecule has 1 aliphatic rings. The van der Waals surface area contributed by atoms with Gasteiger partial charge in [0.1, 0.15) is 5.82 Å². The molecule has 1 saturated heterocycles. The Morgan fingerprint density at radius 1 is 1.38 bits per heavy atom. The molecule has 1 aromatic heterocycles. The first kappa shape index (κ1) is 13.8. The first-order valence-electron chi connectivity index (χ1n) is 7.50. The van der Waals surface area contributed by atoms with Gasteiger partial charge in [0.05, 0.1) is 0 Å². The Balaban J connectivity index is 1.62. The van der Waals surface area contributed by atoms with Crippen LogP contribution in [-0.2, 0) is 11.2 Å². The lowest BCUT2D eigenvalue weighted by Gasteiger charge is -2.14. The van der Waals surface area contributed by atoms with Crippen molar-refractivity contribution >= 4 is 5.91 Å². The highest BCUT2D eigenvalue weighted by Gasteiger charge is 2.26. The van der Waals surface area contributed by atoms with Gasteiger partial charge in [-0.05, 0) is 12.3 Å². The summed E-state index contributed by atoms with van der Waals surface area (Å²) >= 11 is 0. The number of hydrogen-bond donors (Lipinski definition) is 1. The van der Waals surface area contributed by atoms with Crippen LogP contribution in [0.3, 0.4) is 0 Å². The van der Waals surface area contributed by atoms with Crippen molar-refractivity contribution in [3.8, 4) is 11.4 Å². The quantitative estimate of drug-likeness (QED) is 0.937. The van der Waals surface area contributed by atoms with Gasteiger partial charge in [-0.1, -0.05) is 37.3 Å². The van der Waals surface area contributed by atoms with E-state index in [-0.39, 0.29) is 5.91 Å². The first-order valence-corrected chi connectivity index (χ1v) is 7.50. The highest BCUT2D eigenvalue weighted by atomic mass is 16.2. The molecule has 1 atom stereocenters. The number of carbonyl (C=O) groups excluding carboxylic acids is 1. The standard InChI is InChI=1S/C16H20N4O/c1-2-15(21)20-9-8-12(11-20)10-14-17-16(19-18-14)13-6-4-3-5-7-13/h3-7,12H,2,8-11H2,1H3,(H,17,18,19). The van der Waals surface area contributed by atoms with Crippen LogP contribution in [0.2, 0.25) is 0 Å². The number of benzene rings is 1. The van der Waals surface area contributed by atoms with E-state index in [0.717, 1.165) is 43.1 Å². The van der Waals surface area contributed by atoms with Crippen LogP contribution in [0.5, 0.6) is 0 Å². The third kappa shape index (κ3) is 3.12. The maximum atomic E-state index is 11.7. The number of H-pyrrole nitrogens is 1. The smallest absolute Gasteiger partial charge is 0.222 e. The van der Waals surface area contributed by atoms with Crippen LogP contribution < -0.4 is 0 Å². The molecule has 110 valence electrons. The summed E-state index contributed by atoms with van der Waals surface area (Å²) in [5.41, 5.74) is 1.02. The molecule has 0 bridgehead atoms. The van der Waals surface area contributed by atoms with Crippen molar-refractivity contribution in [1.82, 2.24) is 20.1 Å². The molecule has 1 aliphatic heterocycles. The van der Waals surface area contributed by atoms with E-state index in [1.54, 1.807) is 0 Å². The van der Waals surface area contributed by atoms with Crippen molar-refractivity contribution in [3.63, 3.8) is 0 Å². The summed E-state index contributed by atoms with van der Waals surface area (Å²) < 4.78 is 0. The Kier molecular flexibility index (Phi) is 3.99. The van der Waals surface area contributed by atoms with Crippen molar-refractivity contribution in [1.29, 1.82) is 0 Å². The van der Waals surface area contributed by atoms with E-state index >= 15 is 0 Å². The lowest BCUT2D eigenvalue weighted by atomic mass is 10.1. The molecule has 2 heterocycles. The molecule has 0 aliphatic carbocycles. The van der Waals surface area contributed by atoms with Crippen molar-refractivity contribution in [3.05, 3.63) is 36.2 Å². The number of hydrogen-bond acceptors (Lipinski definition) is 3. The highest BCUT2D eigenvalue weighted by molar-refractivity contribution is 5.76. The van der Waals surface area contributed by atoms with Crippen molar-refractivity contribution in [2.75, 3.05) is 13.1 Å². The SMILES string of the molecule is CCC(=O)N1CCC(Cc2nc(-c3ccccc3)n[nH]2)C1. The number of aromatic nitrogens is 3. The molecule has 1 aromatic carbocycles. The fourth-order valence-corrected chi connectivity index (χ4v) is 2.83. The van der Waals surface area contributed by atoms with Gasteiger partial charge in [0, 0.05) is 31.5 Å². The van der Waals surface area contributed by atoms with Crippen LogP contribution in [0, 0.1) is 5.92 Å². The first-order chi connectivity index (χ1) is 10.3. The Labute approximate surface area is 124 Å². The topological polar surface area (TPSA) is 61.9 Å². The fraction of sp³-hybridized carbons (Fsp3) is 0.438. The third-order valence-electron chi connectivity index (χ3n) is 3.99. The lowest BCUT2D eigenvalue weighted by Crippen LogP contribution is -2.28. The number of nitrogens with zero attached hydrogens (tertiary/aromatic N) is 3. The molecule has 5 heteroatoms. The molecule has 2 aromatic rings. The lowest BCUT2D eigenvalue weighted by molar-refractivity contribution is -0.129. The van der Waals surface area contributed by atoms with Gasteiger partial charge >= 0.3 is 0 Å². The average molecular weight is 284 g/mol. The van der Waals surface area contributed by atoms with Crippen LogP contribution in [0.15, 0.2) is 30.3 Å². The summed E-state index contributed by atoms with van der Waals surface area (Å²) in [6, 6.07) is 9.95. The molecule has 1 N–H and O–H groups in total. The molecule has 0 spiro atoms. The van der Waals surface area contributed by atoms with Crippen molar-refractivity contribution in [2.45, 2.75) is 26.2 Å². The molecular formula is C16H20N4O. The number of nitrogens with one attached hydrogen (secondary N) is 1. The van der Waals surface area contributed by atoms with Crippen LogP contribution in [0.4, 0.5) is 0 Å². The van der Waals surface area contributed by atoms with Crippen molar-refractivity contribution in [2.24, 2.45) is 5.92 Å². The number of amides is 1. The molecule has 3 rings (SSSR count). The summed E-state index contributed by atoms with van der Waals surface area (Å²) in [5.74, 6) is 2.38. The zero-order valence-corrected chi connectivity index (χ0v) is 12.2. The van der Waals surface area contributed by atoms with Gasteiger partial charge < -0.3 is 4.90 Å². The monoisotopic (exact) mass is 284 g/mol. The number of aromatic amines is 1. The van der Waals surface area contributed by atoms with Gasteiger partial charge in [0.2, 0.25) is 5.91 Å². The second kappa shape index (κ2) is 6.08. The Morgan fingerprint density at radius 3 is 2.95 bits per heavy atom. The van der Waals surface area contributed by atoms with Crippen LogP contribution in [-0.4, -0.2) is 39.1 Å². The van der Waals surface area contributed by atoms with Crippen LogP contribution >= 0.6 is 0 Å². The van der Waals surface area contributed by atoms with Crippen LogP contribution in [0.25, 0.3) is 11.4 Å². The number of carbonyl (C=O) groups is 1. The van der Waals surface area contributed by atoms with E-state index in [1.807, 2.05) is 42.2 Å². The van der Waals surface area contributed by atoms with Gasteiger partial charge in [0.25, 0.3) is 0 Å². The fourth-order valence-electron chi connectivity index (χ4n) is 2.83. The van der Waals surface area contributed by atoms with Gasteiger partial charge in [-0.15, -0.1) is 0 Å². The summed E-state index contributed by atoms with van der Waals surface area (Å²) in [5, 5.41) is 7.31. The molecule has 0 radical (unpaired) electrons. The predicted octanol–water partition coefficient (Wildman–Crippen LogP) is 2.27. The molecule has 21 heavy (non-hydrogen) atoms. The zero-order chi connectivity index (χ0) is 14.7. The van der Waals surface area contributed by atoms with E-state index in [2.05, 4.69) is 15.2 Å². The summed E-state index contributed by atoms with van der Waals surface area (Å²) in [4.78, 5) is 18.2. The van der Waals surface area contributed by atoms with E-state index < -0.39 is 0 Å². The average Bonchev–Trinajstić information content (AvgIpc) is 3.17. The van der Waals surface area contributed by atoms with Gasteiger partial charge in [-0.25, -0.2) is 4.98 Å². The van der Waals surface area contributed by atoms with E-state index in [4.69, 9.17) is 0 Å². The largest absolute Gasteiger partial charge is 0.342 e. The maximum absolute atomic E-state index is 11.7. The second-order valence-corrected chi connectivity index (χ2v) is 5.52. The highest BCUT2D eigenvalue weighted by Crippen LogP contribution is 2.21. The van der Waals surface area contributed by atoms with E-state index in [1.165, 1.54) is 0 Å². The number of rotatable bonds is 4. The zero-order valence-electron chi connectivity index (χ0n) is 12.2. The molecule has 0 saturated carbocycles. The Morgan fingerprint density at radius 2 is 2.19 bits per heavy atom. The number of likely N-dealkylation sites (tertiary alicyclic amines) is 1. The molecular weight excluding hydrogens is 264 g/mol. The normalized spacial score (nSPS) is 18.1. The minimum Gasteiger partial charge on any atom is -0.342 e. The van der Waals surface area contributed by atoms with E-state index in [9.17, 15) is 4.79 Å². The predicted molar refractivity (Wildman–Crippen MR) is 80.5 cm³/mol. The van der Waals surface area contributed by atoms with Gasteiger partial charge in [0.15, 0.2) is 5.82 Å². The summed E-state index contributed by atoms with van der Waals surface area (Å²) in [6.45, 7) is 3.63. The molecule has 1 amide bonds. The minimum absolute atomic E-state index is 0.250. The summed E-state index contributed by atoms with van der Waals surface area (Å²) in [6.07, 6.45) is 2.49.